The summed E-state index contributed by atoms with van der Waals surface area (Å²) in [4.78, 5) is 0. The maximum absolute atomic E-state index is 12.8. The minimum absolute atomic E-state index is 0.326. The summed E-state index contributed by atoms with van der Waals surface area (Å²) >= 11 is 5.67. The van der Waals surface area contributed by atoms with Gasteiger partial charge in [-0.15, -0.1) is 0 Å². The molecule has 0 aromatic heterocycles. The monoisotopic (exact) mass is 484 g/mol. The molecule has 0 bridgehead atoms. The van der Waals surface area contributed by atoms with Crippen LogP contribution in [0, 0.1) is 4.32 Å². The Morgan fingerprint density at radius 2 is 1.42 bits per heavy atom. The molecule has 26 heavy (non-hydrogen) atoms. The quantitative estimate of drug-likeness (QED) is 0.0971. The van der Waals surface area contributed by atoms with Crippen LogP contribution in [-0.2, 0) is 38.6 Å². The van der Waals surface area contributed by atoms with Gasteiger partial charge in [0.1, 0.15) is 0 Å². The van der Waals surface area contributed by atoms with Crippen molar-refractivity contribution in [1.82, 2.24) is 0 Å². The normalized spacial score (nSPS) is 13.6. The van der Waals surface area contributed by atoms with Crippen LogP contribution in [0.1, 0.15) is 27.7 Å². The third-order valence-electron chi connectivity index (χ3n) is 2.53. The fourth-order valence-corrected chi connectivity index (χ4v) is 11.0. The lowest BCUT2D eigenvalue weighted by molar-refractivity contribution is 0.226. The molecule has 6 nitrogen and oxygen atoms in total. The zero-order chi connectivity index (χ0) is 20.1. The Morgan fingerprint density at radius 1 is 0.923 bits per heavy atom. The van der Waals surface area contributed by atoms with Gasteiger partial charge in [0, 0.05) is 5.75 Å². The Kier molecular flexibility index (Phi) is 16.2. The maximum atomic E-state index is 12.8. The van der Waals surface area contributed by atoms with Crippen molar-refractivity contribution in [2.75, 3.05) is 50.4 Å². The molecule has 0 radical (unpaired) electrons. The van der Waals surface area contributed by atoms with Crippen molar-refractivity contribution in [3.05, 3.63) is 4.32 Å². The molecule has 0 fully saturated rings. The van der Waals surface area contributed by atoms with Crippen LogP contribution in [0.3, 0.4) is 0 Å². The molecular formula is C14H30O6P2S4. The highest BCUT2D eigenvalue weighted by Gasteiger charge is 2.38. The van der Waals surface area contributed by atoms with E-state index in [9.17, 15) is 9.13 Å². The van der Waals surface area contributed by atoms with Crippen molar-refractivity contribution >= 4 is 65.8 Å². The minimum Gasteiger partial charge on any atom is -0.330 e. The number of hydrogen-bond acceptors (Lipinski definition) is 9. The molecule has 156 valence electrons. The van der Waals surface area contributed by atoms with Gasteiger partial charge in [0.05, 0.1) is 26.4 Å². The second kappa shape index (κ2) is 15.3. The molecule has 0 aliphatic carbocycles. The van der Waals surface area contributed by atoms with Gasteiger partial charge in [-0.2, -0.15) is 0 Å². The van der Waals surface area contributed by atoms with Crippen molar-refractivity contribution in [2.24, 2.45) is 0 Å². The number of thioether (sulfide) groups is 3. The first-order chi connectivity index (χ1) is 12.4. The van der Waals surface area contributed by atoms with E-state index >= 15 is 0 Å². The molecule has 0 heterocycles. The summed E-state index contributed by atoms with van der Waals surface area (Å²) in [6.45, 7) is 8.48. The van der Waals surface area contributed by atoms with Crippen LogP contribution in [0.5, 0.6) is 0 Å². The predicted octanol–water partition coefficient (Wildman–Crippen LogP) is 5.59. The van der Waals surface area contributed by atoms with Gasteiger partial charge in [-0.25, -0.2) is 4.57 Å². The summed E-state index contributed by atoms with van der Waals surface area (Å²) in [6.07, 6.45) is 3.72. The average molecular weight is 485 g/mol. The van der Waals surface area contributed by atoms with Gasteiger partial charge in [0.25, 0.3) is 0 Å². The van der Waals surface area contributed by atoms with E-state index in [4.69, 9.17) is 18.1 Å². The summed E-state index contributed by atoms with van der Waals surface area (Å²) in [6, 6.07) is 0. The lowest BCUT2D eigenvalue weighted by Gasteiger charge is -2.36. The Labute approximate surface area is 175 Å². The van der Waals surface area contributed by atoms with E-state index in [1.165, 1.54) is 46.6 Å². The van der Waals surface area contributed by atoms with E-state index < -0.39 is 15.2 Å². The largest absolute Gasteiger partial charge is 0.424 e. The van der Waals surface area contributed by atoms with Crippen molar-refractivity contribution in [2.45, 2.75) is 27.7 Å². The lowest BCUT2D eigenvalue weighted by atomic mass is 10.9. The molecule has 12 heteroatoms. The average Bonchev–Trinajstić information content (AvgIpc) is 2.58. The topological polar surface area (TPSA) is 71.1 Å². The first kappa shape index (κ1) is 27.4. The molecule has 0 aromatic carbocycles. The highest BCUT2D eigenvalue weighted by atomic mass is 32.2. The molecule has 0 saturated carbocycles. The smallest absolute Gasteiger partial charge is 0.330 e. The standard InChI is InChI=1S/C14H30O6P2S4/c1-7-17-21(15,18-8-2)13(23-5)25-11-12-26-14(24-6)22(16,19-9-3)20-10-4/h7-12H2,1-6H3. The van der Waals surface area contributed by atoms with E-state index in [-0.39, 0.29) is 0 Å². The highest BCUT2D eigenvalue weighted by molar-refractivity contribution is 8.35. The molecule has 0 aliphatic heterocycles. The van der Waals surface area contributed by atoms with E-state index in [1.807, 2.05) is 12.5 Å². The Hall–Kier alpha value is 1.44. The predicted molar refractivity (Wildman–Crippen MR) is 122 cm³/mol. The fraction of sp³-hybridized carbons (Fsp3) is 0.857. The van der Waals surface area contributed by atoms with Crippen molar-refractivity contribution in [3.8, 4) is 0 Å². The molecule has 0 amide bonds. The third kappa shape index (κ3) is 9.29. The lowest BCUT2D eigenvalue weighted by Crippen LogP contribution is -2.07. The van der Waals surface area contributed by atoms with Crippen molar-refractivity contribution in [3.63, 3.8) is 0 Å². The second-order valence-electron chi connectivity index (χ2n) is 4.30. The van der Waals surface area contributed by atoms with Gasteiger partial charge in [-0.05, 0) is 39.7 Å². The van der Waals surface area contributed by atoms with E-state index in [0.29, 0.717) is 46.2 Å². The van der Waals surface area contributed by atoms with Gasteiger partial charge >= 0.3 is 11.5 Å². The van der Waals surface area contributed by atoms with Gasteiger partial charge < -0.3 is 41.6 Å². The summed E-state index contributed by atoms with van der Waals surface area (Å²) in [5, 5.41) is 0. The Balaban J connectivity index is 4.77. The molecule has 0 aliphatic rings. The Bertz CT molecular complexity index is 486. The highest BCUT2D eigenvalue weighted by Crippen LogP contribution is 2.66. The number of rotatable bonds is 15. The van der Waals surface area contributed by atoms with Crippen LogP contribution in [0.4, 0.5) is 0 Å². The zero-order valence-electron chi connectivity index (χ0n) is 16.2. The molecule has 0 unspecified atom stereocenters. The van der Waals surface area contributed by atoms with Crippen LogP contribution >= 0.6 is 50.5 Å². The Morgan fingerprint density at radius 3 is 1.81 bits per heavy atom. The summed E-state index contributed by atoms with van der Waals surface area (Å²) in [7, 11) is -6.47. The van der Waals surface area contributed by atoms with Crippen LogP contribution in [0.2, 0.25) is 0 Å². The second-order valence-corrected chi connectivity index (χ2v) is 13.8. The van der Waals surface area contributed by atoms with Crippen LogP contribution in [0.25, 0.3) is 0 Å². The van der Waals surface area contributed by atoms with Gasteiger partial charge in [-0.1, -0.05) is 16.1 Å². The van der Waals surface area contributed by atoms with E-state index in [2.05, 4.69) is 0 Å². The fourth-order valence-electron chi connectivity index (χ4n) is 1.72. The van der Waals surface area contributed by atoms with Gasteiger partial charge in [-0.3, -0.25) is 4.57 Å². The molecule has 0 saturated heterocycles. The molecule has 0 atom stereocenters. The molecular weight excluding hydrogens is 454 g/mol. The van der Waals surface area contributed by atoms with Crippen LogP contribution < -0.4 is 0 Å². The summed E-state index contributed by atoms with van der Waals surface area (Å²) in [5.41, 5.74) is 0. The minimum atomic E-state index is -3.24. The maximum Gasteiger partial charge on any atom is 0.424 e. The van der Waals surface area contributed by atoms with E-state index in [0.717, 1.165) is 0 Å². The van der Waals surface area contributed by atoms with Crippen molar-refractivity contribution in [1.29, 1.82) is 0 Å². The SMILES string of the molecule is CCOP(=O)(OCC)C(SCCS[C-](SC)P(=O)(OCC)OCC)=[S+]C. The third-order valence-corrected chi connectivity index (χ3v) is 14.3. The zero-order valence-corrected chi connectivity index (χ0v) is 21.3. The molecule has 0 aromatic rings. The van der Waals surface area contributed by atoms with Gasteiger partial charge in [0.2, 0.25) is 7.60 Å². The summed E-state index contributed by atoms with van der Waals surface area (Å²) in [5.74, 6) is 1.35. The van der Waals surface area contributed by atoms with Crippen LogP contribution in [-0.4, -0.2) is 54.4 Å². The summed E-state index contributed by atoms with van der Waals surface area (Å²) < 4.78 is 48.5. The van der Waals surface area contributed by atoms with E-state index in [1.54, 1.807) is 27.7 Å². The van der Waals surface area contributed by atoms with Crippen LogP contribution in [0.15, 0.2) is 0 Å². The molecule has 0 rings (SSSR count). The molecule has 0 N–H and O–H groups in total. The first-order valence-corrected chi connectivity index (χ1v) is 15.7. The first-order valence-electron chi connectivity index (χ1n) is 8.24. The number of hydrogen-bond donors (Lipinski definition) is 0. The van der Waals surface area contributed by atoms with Gasteiger partial charge in [0.15, 0.2) is 17.6 Å². The van der Waals surface area contributed by atoms with Crippen molar-refractivity contribution < 1.29 is 27.2 Å². The molecule has 0 spiro atoms.